The summed E-state index contributed by atoms with van der Waals surface area (Å²) in [4.78, 5) is 11.1. The summed E-state index contributed by atoms with van der Waals surface area (Å²) in [7, 11) is 0. The molecule has 88 valence electrons. The Labute approximate surface area is 99.3 Å². The summed E-state index contributed by atoms with van der Waals surface area (Å²) in [6.07, 6.45) is 0. The van der Waals surface area contributed by atoms with Gasteiger partial charge in [-0.2, -0.15) is 5.10 Å². The van der Waals surface area contributed by atoms with Gasteiger partial charge in [0.05, 0.1) is 0 Å². The van der Waals surface area contributed by atoms with E-state index in [-0.39, 0.29) is 5.69 Å². The zero-order chi connectivity index (χ0) is 12.6. The molecule has 0 saturated carbocycles. The number of carboxylic acid groups (broad SMARTS) is 1. The fourth-order valence-corrected chi connectivity index (χ4v) is 1.83. The molecule has 0 aliphatic heterocycles. The van der Waals surface area contributed by atoms with E-state index >= 15 is 0 Å². The Morgan fingerprint density at radius 3 is 2.53 bits per heavy atom. The monoisotopic (exact) mass is 230 g/mol. The van der Waals surface area contributed by atoms with Crippen LogP contribution >= 0.6 is 0 Å². The van der Waals surface area contributed by atoms with Crippen LogP contribution in [-0.4, -0.2) is 21.3 Å². The van der Waals surface area contributed by atoms with Crippen molar-refractivity contribution in [1.82, 2.24) is 10.2 Å². The molecule has 4 nitrogen and oxygen atoms in total. The molecule has 0 fully saturated rings. The van der Waals surface area contributed by atoms with Crippen LogP contribution in [0.25, 0.3) is 11.1 Å². The van der Waals surface area contributed by atoms with E-state index < -0.39 is 5.97 Å². The molecule has 2 N–H and O–H groups in total. The third-order valence-electron chi connectivity index (χ3n) is 2.95. The molecule has 0 saturated heterocycles. The quantitative estimate of drug-likeness (QED) is 0.833. The van der Waals surface area contributed by atoms with Crippen molar-refractivity contribution in [3.05, 3.63) is 40.7 Å². The first-order valence-corrected chi connectivity index (χ1v) is 5.36. The highest BCUT2D eigenvalue weighted by Gasteiger charge is 2.18. The normalized spacial score (nSPS) is 10.5. The van der Waals surface area contributed by atoms with Crippen LogP contribution in [0.5, 0.6) is 0 Å². The first kappa shape index (κ1) is 11.4. The van der Waals surface area contributed by atoms with Crippen molar-refractivity contribution in [1.29, 1.82) is 0 Å². The van der Waals surface area contributed by atoms with Gasteiger partial charge in [0.25, 0.3) is 0 Å². The van der Waals surface area contributed by atoms with Crippen molar-refractivity contribution in [3.8, 4) is 11.1 Å². The smallest absolute Gasteiger partial charge is 0.357 e. The van der Waals surface area contributed by atoms with E-state index in [4.69, 9.17) is 5.11 Å². The largest absolute Gasteiger partial charge is 0.476 e. The molecule has 1 aromatic heterocycles. The number of rotatable bonds is 2. The number of aryl methyl sites for hydroxylation is 3. The first-order valence-electron chi connectivity index (χ1n) is 5.36. The third kappa shape index (κ3) is 1.93. The Kier molecular flexibility index (Phi) is 2.71. The maximum absolute atomic E-state index is 11.1. The molecular weight excluding hydrogens is 216 g/mol. The standard InChI is InChI=1S/C13H14N2O2/c1-7-4-5-10(6-8(7)2)11-9(3)14-15-12(11)13(16)17/h4-6H,1-3H3,(H,14,15)(H,16,17). The number of aromatic amines is 1. The lowest BCUT2D eigenvalue weighted by atomic mass is 9.99. The van der Waals surface area contributed by atoms with E-state index in [1.807, 2.05) is 39.0 Å². The SMILES string of the molecule is Cc1ccc(-c2c(C(=O)O)n[nH]c2C)cc1C. The summed E-state index contributed by atoms with van der Waals surface area (Å²) in [6.45, 7) is 5.86. The minimum absolute atomic E-state index is 0.0748. The molecule has 0 bridgehead atoms. The Balaban J connectivity index is 2.63. The zero-order valence-electron chi connectivity index (χ0n) is 10.0. The summed E-state index contributed by atoms with van der Waals surface area (Å²) < 4.78 is 0. The molecule has 0 aliphatic rings. The molecule has 0 aliphatic carbocycles. The lowest BCUT2D eigenvalue weighted by Crippen LogP contribution is -1.99. The van der Waals surface area contributed by atoms with Crippen LogP contribution in [0.15, 0.2) is 18.2 Å². The van der Waals surface area contributed by atoms with Gasteiger partial charge in [-0.15, -0.1) is 0 Å². The summed E-state index contributed by atoms with van der Waals surface area (Å²) >= 11 is 0. The Morgan fingerprint density at radius 1 is 1.24 bits per heavy atom. The van der Waals surface area contributed by atoms with Crippen LogP contribution in [-0.2, 0) is 0 Å². The molecule has 0 radical (unpaired) electrons. The molecular formula is C13H14N2O2. The number of H-pyrrole nitrogens is 1. The second-order valence-electron chi connectivity index (χ2n) is 4.18. The molecule has 17 heavy (non-hydrogen) atoms. The number of hydrogen-bond acceptors (Lipinski definition) is 2. The van der Waals surface area contributed by atoms with E-state index in [2.05, 4.69) is 10.2 Å². The van der Waals surface area contributed by atoms with Gasteiger partial charge in [0.1, 0.15) is 0 Å². The third-order valence-corrected chi connectivity index (χ3v) is 2.95. The average Bonchev–Trinajstić information content (AvgIpc) is 2.64. The highest BCUT2D eigenvalue weighted by Crippen LogP contribution is 2.27. The van der Waals surface area contributed by atoms with E-state index in [0.717, 1.165) is 16.8 Å². The molecule has 1 heterocycles. The lowest BCUT2D eigenvalue weighted by Gasteiger charge is -2.05. The molecule has 1 aromatic carbocycles. The van der Waals surface area contributed by atoms with E-state index in [0.29, 0.717) is 5.56 Å². The zero-order valence-corrected chi connectivity index (χ0v) is 10.0. The maximum atomic E-state index is 11.1. The highest BCUT2D eigenvalue weighted by molar-refractivity contribution is 5.94. The van der Waals surface area contributed by atoms with Gasteiger partial charge < -0.3 is 5.11 Å². The van der Waals surface area contributed by atoms with Gasteiger partial charge in [-0.25, -0.2) is 4.79 Å². The van der Waals surface area contributed by atoms with Gasteiger partial charge in [-0.3, -0.25) is 5.10 Å². The molecule has 0 amide bonds. The molecule has 0 spiro atoms. The molecule has 2 aromatic rings. The van der Waals surface area contributed by atoms with Crippen molar-refractivity contribution in [2.75, 3.05) is 0 Å². The van der Waals surface area contributed by atoms with Crippen molar-refractivity contribution in [2.45, 2.75) is 20.8 Å². The summed E-state index contributed by atoms with van der Waals surface area (Å²) in [5, 5.41) is 15.6. The fraction of sp³-hybridized carbons (Fsp3) is 0.231. The Morgan fingerprint density at radius 2 is 1.94 bits per heavy atom. The van der Waals surface area contributed by atoms with Gasteiger partial charge in [0, 0.05) is 11.3 Å². The fourth-order valence-electron chi connectivity index (χ4n) is 1.83. The average molecular weight is 230 g/mol. The number of nitrogens with zero attached hydrogens (tertiary/aromatic N) is 1. The Hall–Kier alpha value is -2.10. The van der Waals surface area contributed by atoms with Crippen LogP contribution in [0.4, 0.5) is 0 Å². The van der Waals surface area contributed by atoms with Gasteiger partial charge in [0.15, 0.2) is 5.69 Å². The van der Waals surface area contributed by atoms with E-state index in [1.165, 1.54) is 5.56 Å². The van der Waals surface area contributed by atoms with Crippen LogP contribution in [0, 0.1) is 20.8 Å². The maximum Gasteiger partial charge on any atom is 0.357 e. The number of benzene rings is 1. The number of carboxylic acids is 1. The van der Waals surface area contributed by atoms with Crippen molar-refractivity contribution < 1.29 is 9.90 Å². The summed E-state index contributed by atoms with van der Waals surface area (Å²) in [6, 6.07) is 5.90. The first-order chi connectivity index (χ1) is 8.00. The number of hydrogen-bond donors (Lipinski definition) is 2. The molecule has 2 rings (SSSR count). The molecule has 0 unspecified atom stereocenters. The second-order valence-corrected chi connectivity index (χ2v) is 4.18. The summed E-state index contributed by atoms with van der Waals surface area (Å²) in [5.41, 5.74) is 4.72. The van der Waals surface area contributed by atoms with Gasteiger partial charge in [-0.05, 0) is 37.5 Å². The lowest BCUT2D eigenvalue weighted by molar-refractivity contribution is 0.0691. The van der Waals surface area contributed by atoms with Crippen molar-refractivity contribution in [2.24, 2.45) is 0 Å². The van der Waals surface area contributed by atoms with Crippen molar-refractivity contribution >= 4 is 5.97 Å². The Bertz CT molecular complexity index is 585. The van der Waals surface area contributed by atoms with Crippen LogP contribution in [0.3, 0.4) is 0 Å². The molecule has 0 atom stereocenters. The topological polar surface area (TPSA) is 66.0 Å². The van der Waals surface area contributed by atoms with Gasteiger partial charge >= 0.3 is 5.97 Å². The van der Waals surface area contributed by atoms with E-state index in [9.17, 15) is 4.79 Å². The second kappa shape index (κ2) is 4.05. The number of nitrogens with one attached hydrogen (secondary N) is 1. The summed E-state index contributed by atoms with van der Waals surface area (Å²) in [5.74, 6) is -1.01. The minimum atomic E-state index is -1.01. The number of aromatic nitrogens is 2. The molecule has 4 heteroatoms. The highest BCUT2D eigenvalue weighted by atomic mass is 16.4. The van der Waals surface area contributed by atoms with E-state index in [1.54, 1.807) is 0 Å². The predicted octanol–water partition coefficient (Wildman–Crippen LogP) is 2.70. The van der Waals surface area contributed by atoms with Gasteiger partial charge in [-0.1, -0.05) is 18.2 Å². The predicted molar refractivity (Wildman–Crippen MR) is 65.2 cm³/mol. The van der Waals surface area contributed by atoms with Crippen LogP contribution in [0.2, 0.25) is 0 Å². The van der Waals surface area contributed by atoms with Gasteiger partial charge in [0.2, 0.25) is 0 Å². The van der Waals surface area contributed by atoms with Crippen LogP contribution in [0.1, 0.15) is 27.3 Å². The number of carbonyl (C=O) groups is 1. The number of aromatic carboxylic acids is 1. The van der Waals surface area contributed by atoms with Crippen molar-refractivity contribution in [3.63, 3.8) is 0 Å². The van der Waals surface area contributed by atoms with Crippen LogP contribution < -0.4 is 0 Å². The minimum Gasteiger partial charge on any atom is -0.476 e.